The highest BCUT2D eigenvalue weighted by atomic mass is 15.0. The smallest absolute Gasteiger partial charge is 0.209 e. The van der Waals surface area contributed by atoms with Crippen molar-refractivity contribution in [2.75, 3.05) is 7.05 Å². The van der Waals surface area contributed by atoms with E-state index >= 15 is 0 Å². The highest BCUT2D eigenvalue weighted by molar-refractivity contribution is 6.10. The Morgan fingerprint density at radius 1 is 1.17 bits per heavy atom. The number of allylic oxidation sites excluding steroid dienone is 8. The lowest BCUT2D eigenvalue weighted by Crippen LogP contribution is -2.26. The van der Waals surface area contributed by atoms with E-state index in [1.807, 2.05) is 0 Å². The van der Waals surface area contributed by atoms with E-state index in [9.17, 15) is 0 Å². The first-order valence-electron chi connectivity index (χ1n) is 8.55. The second-order valence-electron chi connectivity index (χ2n) is 7.19. The number of benzene rings is 1. The number of nitrogens with zero attached hydrogens (tertiary/aromatic N) is 2. The fourth-order valence-corrected chi connectivity index (χ4v) is 4.03. The van der Waals surface area contributed by atoms with Gasteiger partial charge in [0.05, 0.1) is 11.1 Å². The molecule has 24 heavy (non-hydrogen) atoms. The Labute approximate surface area is 143 Å². The van der Waals surface area contributed by atoms with E-state index in [2.05, 4.69) is 87.0 Å². The van der Waals surface area contributed by atoms with Crippen molar-refractivity contribution in [3.05, 3.63) is 77.1 Å². The van der Waals surface area contributed by atoms with Crippen LogP contribution in [0.25, 0.3) is 0 Å². The second-order valence-corrected chi connectivity index (χ2v) is 7.19. The summed E-state index contributed by atoms with van der Waals surface area (Å²) in [6, 6.07) is 8.68. The van der Waals surface area contributed by atoms with E-state index in [1.54, 1.807) is 0 Å². The predicted molar refractivity (Wildman–Crippen MR) is 101 cm³/mol. The molecule has 2 heteroatoms. The Bertz CT molecular complexity index is 915. The van der Waals surface area contributed by atoms with Gasteiger partial charge >= 0.3 is 0 Å². The summed E-state index contributed by atoms with van der Waals surface area (Å²) in [4.78, 5) is 4.73. The molecule has 0 radical (unpaired) electrons. The first-order chi connectivity index (χ1) is 11.5. The summed E-state index contributed by atoms with van der Waals surface area (Å²) in [5.41, 5.74) is 8.88. The van der Waals surface area contributed by atoms with Gasteiger partial charge in [-0.2, -0.15) is 4.58 Å². The zero-order valence-corrected chi connectivity index (χ0v) is 14.8. The maximum Gasteiger partial charge on any atom is 0.209 e. The molecule has 0 saturated carbocycles. The summed E-state index contributed by atoms with van der Waals surface area (Å²) in [5.74, 6) is 0. The minimum Gasteiger partial charge on any atom is -0.257 e. The Balaban J connectivity index is 1.73. The van der Waals surface area contributed by atoms with Crippen molar-refractivity contribution in [2.45, 2.75) is 32.6 Å². The van der Waals surface area contributed by atoms with Gasteiger partial charge in [0.1, 0.15) is 7.05 Å². The van der Waals surface area contributed by atoms with E-state index < -0.39 is 0 Å². The highest BCUT2D eigenvalue weighted by Gasteiger charge is 2.42. The van der Waals surface area contributed by atoms with Crippen LogP contribution in [0.15, 0.2) is 76.5 Å². The summed E-state index contributed by atoms with van der Waals surface area (Å²) in [7, 11) is 2.16. The molecule has 0 atom stereocenters. The molecule has 0 amide bonds. The topological polar surface area (TPSA) is 15.4 Å². The van der Waals surface area contributed by atoms with Gasteiger partial charge in [-0.05, 0) is 26.8 Å². The summed E-state index contributed by atoms with van der Waals surface area (Å²) in [6.07, 6.45) is 11.9. The van der Waals surface area contributed by atoms with Crippen LogP contribution < -0.4 is 0 Å². The maximum absolute atomic E-state index is 4.73. The van der Waals surface area contributed by atoms with Gasteiger partial charge in [0.15, 0.2) is 5.71 Å². The van der Waals surface area contributed by atoms with Crippen molar-refractivity contribution in [2.24, 2.45) is 4.99 Å². The van der Waals surface area contributed by atoms with Crippen LogP contribution in [0.1, 0.15) is 32.8 Å². The van der Waals surface area contributed by atoms with E-state index in [1.165, 1.54) is 33.8 Å². The third-order valence-electron chi connectivity index (χ3n) is 5.35. The molecule has 2 nitrogen and oxygen atoms in total. The molecule has 2 heterocycles. The highest BCUT2D eigenvalue weighted by Crippen LogP contribution is 2.39. The van der Waals surface area contributed by atoms with Gasteiger partial charge in [0.25, 0.3) is 0 Å². The van der Waals surface area contributed by atoms with Crippen molar-refractivity contribution in [1.29, 1.82) is 0 Å². The normalized spacial score (nSPS) is 21.3. The number of fused-ring (bicyclic) bond motifs is 2. The molecule has 0 spiro atoms. The van der Waals surface area contributed by atoms with Crippen molar-refractivity contribution in [1.82, 2.24) is 0 Å². The molecule has 0 aromatic heterocycles. The monoisotopic (exact) mass is 315 g/mol. The summed E-state index contributed by atoms with van der Waals surface area (Å²) >= 11 is 0. The zero-order valence-electron chi connectivity index (χ0n) is 14.8. The van der Waals surface area contributed by atoms with Crippen molar-refractivity contribution < 1.29 is 4.58 Å². The van der Waals surface area contributed by atoms with E-state index in [4.69, 9.17) is 4.99 Å². The van der Waals surface area contributed by atoms with Crippen LogP contribution in [-0.2, 0) is 5.41 Å². The van der Waals surface area contributed by atoms with Gasteiger partial charge in [-0.1, -0.05) is 36.4 Å². The van der Waals surface area contributed by atoms with Gasteiger partial charge in [-0.25, -0.2) is 0 Å². The van der Waals surface area contributed by atoms with Gasteiger partial charge in [-0.3, -0.25) is 4.99 Å². The molecule has 1 aliphatic carbocycles. The lowest BCUT2D eigenvalue weighted by molar-refractivity contribution is -0.401. The van der Waals surface area contributed by atoms with E-state index in [-0.39, 0.29) is 5.41 Å². The largest absolute Gasteiger partial charge is 0.257 e. The quantitative estimate of drug-likeness (QED) is 0.692. The third kappa shape index (κ3) is 2.10. The standard InChI is InChI=1S/C22H23N2/c1-15-16(17-9-5-7-11-19(17)23-15)13-14-21-22(2,3)18-10-6-8-12-20(18)24(21)4/h5-10,12-14H,11H2,1-4H3/q+1. The molecular formula is C22H23N2+. The van der Waals surface area contributed by atoms with Crippen LogP contribution in [0, 0.1) is 0 Å². The predicted octanol–water partition coefficient (Wildman–Crippen LogP) is 4.86. The van der Waals surface area contributed by atoms with Crippen LogP contribution in [0.4, 0.5) is 5.69 Å². The number of para-hydroxylation sites is 1. The molecular weight excluding hydrogens is 292 g/mol. The van der Waals surface area contributed by atoms with Gasteiger partial charge in [0, 0.05) is 41.0 Å². The fraction of sp³-hybridized carbons (Fsp3) is 0.273. The van der Waals surface area contributed by atoms with Crippen molar-refractivity contribution >= 4 is 17.1 Å². The van der Waals surface area contributed by atoms with E-state index in [0.29, 0.717) is 0 Å². The van der Waals surface area contributed by atoms with Crippen LogP contribution in [0.5, 0.6) is 0 Å². The molecule has 0 fully saturated rings. The molecule has 0 saturated heterocycles. The van der Waals surface area contributed by atoms with Crippen LogP contribution >= 0.6 is 0 Å². The lowest BCUT2D eigenvalue weighted by atomic mass is 9.81. The summed E-state index contributed by atoms with van der Waals surface area (Å²) in [5, 5.41) is 0. The summed E-state index contributed by atoms with van der Waals surface area (Å²) in [6.45, 7) is 6.71. The molecule has 2 aliphatic heterocycles. The second kappa shape index (κ2) is 5.27. The molecule has 1 aromatic carbocycles. The molecule has 120 valence electrons. The molecule has 0 unspecified atom stereocenters. The van der Waals surface area contributed by atoms with Crippen LogP contribution in [0.2, 0.25) is 0 Å². The number of aliphatic imine (C=N–C) groups is 1. The maximum atomic E-state index is 4.73. The first kappa shape index (κ1) is 15.1. The lowest BCUT2D eigenvalue weighted by Gasteiger charge is -2.15. The Morgan fingerprint density at radius 3 is 2.75 bits per heavy atom. The van der Waals surface area contributed by atoms with Gasteiger partial charge < -0.3 is 0 Å². The Hall–Kier alpha value is -2.48. The van der Waals surface area contributed by atoms with Crippen LogP contribution in [0.3, 0.4) is 0 Å². The Kier molecular flexibility index (Phi) is 3.31. The number of hydrogen-bond donors (Lipinski definition) is 0. The van der Waals surface area contributed by atoms with Crippen molar-refractivity contribution in [3.8, 4) is 0 Å². The molecule has 0 bridgehead atoms. The number of rotatable bonds is 2. The third-order valence-corrected chi connectivity index (χ3v) is 5.35. The SMILES string of the molecule is CC1=C(/C=C/C2=[N+](C)c3ccccc3C2(C)C)C2=CC=CCC2=N1. The molecule has 1 aromatic rings. The fourth-order valence-electron chi connectivity index (χ4n) is 4.03. The average Bonchev–Trinajstić information content (AvgIpc) is 2.99. The minimum atomic E-state index is 0.0133. The molecule has 3 aliphatic rings. The average molecular weight is 315 g/mol. The summed E-state index contributed by atoms with van der Waals surface area (Å²) < 4.78 is 2.31. The van der Waals surface area contributed by atoms with Crippen LogP contribution in [-0.4, -0.2) is 23.0 Å². The zero-order chi connectivity index (χ0) is 16.9. The number of hydrogen-bond acceptors (Lipinski definition) is 1. The minimum absolute atomic E-state index is 0.0133. The van der Waals surface area contributed by atoms with Crippen molar-refractivity contribution in [3.63, 3.8) is 0 Å². The first-order valence-corrected chi connectivity index (χ1v) is 8.55. The van der Waals surface area contributed by atoms with Gasteiger partial charge in [0.2, 0.25) is 5.69 Å². The van der Waals surface area contributed by atoms with E-state index in [0.717, 1.165) is 12.1 Å². The molecule has 0 N–H and O–H groups in total. The Morgan fingerprint density at radius 2 is 1.96 bits per heavy atom. The van der Waals surface area contributed by atoms with Gasteiger partial charge in [-0.15, -0.1) is 0 Å². The molecule has 4 rings (SSSR count).